The summed E-state index contributed by atoms with van der Waals surface area (Å²) in [5, 5.41) is 22.7. The maximum Gasteiger partial charge on any atom is 0.326 e. The smallest absolute Gasteiger partial charge is 0.326 e. The third-order valence-electron chi connectivity index (χ3n) is 2.74. The van der Waals surface area contributed by atoms with E-state index < -0.39 is 16.9 Å². The molecule has 0 spiro atoms. The number of aliphatic carboxylic acids is 1. The zero-order valence-electron chi connectivity index (χ0n) is 10.8. The first-order valence-electron chi connectivity index (χ1n) is 5.69. The van der Waals surface area contributed by atoms with E-state index in [1.165, 1.54) is 19.2 Å². The summed E-state index contributed by atoms with van der Waals surface area (Å²) in [5.74, 6) is -1.03. The number of methoxy groups -OCH3 is 1. The van der Waals surface area contributed by atoms with Gasteiger partial charge in [0.15, 0.2) is 0 Å². The number of nitrogens with one attached hydrogen (secondary N) is 1. The monoisotopic (exact) mass is 268 g/mol. The fraction of sp³-hybridized carbons (Fsp3) is 0.417. The number of hydrogen-bond acceptors (Lipinski definition) is 5. The van der Waals surface area contributed by atoms with Crippen LogP contribution in [0.2, 0.25) is 0 Å². The van der Waals surface area contributed by atoms with Gasteiger partial charge in [-0.05, 0) is 13.0 Å². The minimum atomic E-state index is -1.03. The highest BCUT2D eigenvalue weighted by molar-refractivity contribution is 5.78. The Morgan fingerprint density at radius 3 is 2.79 bits per heavy atom. The van der Waals surface area contributed by atoms with Gasteiger partial charge in [-0.25, -0.2) is 4.79 Å². The number of nitrogens with zero attached hydrogens (tertiary/aromatic N) is 1. The molecule has 1 rings (SSSR count). The summed E-state index contributed by atoms with van der Waals surface area (Å²) in [4.78, 5) is 21.4. The first-order chi connectivity index (χ1) is 8.97. The largest absolute Gasteiger partial charge is 0.480 e. The predicted molar refractivity (Wildman–Crippen MR) is 69.4 cm³/mol. The van der Waals surface area contributed by atoms with Gasteiger partial charge < -0.3 is 15.2 Å². The van der Waals surface area contributed by atoms with E-state index in [1.807, 2.05) is 0 Å². The lowest BCUT2D eigenvalue weighted by molar-refractivity contribution is -0.385. The van der Waals surface area contributed by atoms with Gasteiger partial charge in [-0.15, -0.1) is 0 Å². The van der Waals surface area contributed by atoms with Crippen LogP contribution in [0.15, 0.2) is 18.2 Å². The lowest BCUT2D eigenvalue weighted by atomic mass is 10.1. The lowest BCUT2D eigenvalue weighted by Crippen LogP contribution is -2.30. The lowest BCUT2D eigenvalue weighted by Gasteiger charge is -2.16. The van der Waals surface area contributed by atoms with Crippen LogP contribution < -0.4 is 5.32 Å². The third kappa shape index (κ3) is 3.92. The molecule has 0 fully saturated rings. The second-order valence-corrected chi connectivity index (χ2v) is 4.02. The minimum Gasteiger partial charge on any atom is -0.480 e. The van der Waals surface area contributed by atoms with Crippen LogP contribution in [0.1, 0.15) is 12.0 Å². The number of carboxylic acids is 1. The average Bonchev–Trinajstić information content (AvgIpc) is 2.35. The summed E-state index contributed by atoms with van der Waals surface area (Å²) >= 11 is 0. The fourth-order valence-corrected chi connectivity index (χ4v) is 1.66. The molecule has 0 bridgehead atoms. The Morgan fingerprint density at radius 1 is 1.58 bits per heavy atom. The maximum absolute atomic E-state index is 11.1. The van der Waals surface area contributed by atoms with E-state index in [9.17, 15) is 14.9 Å². The maximum atomic E-state index is 11.1. The van der Waals surface area contributed by atoms with Crippen LogP contribution >= 0.6 is 0 Å². The number of benzene rings is 1. The van der Waals surface area contributed by atoms with Crippen LogP contribution in [0.3, 0.4) is 0 Å². The Bertz CT molecular complexity index is 475. The Balaban J connectivity index is 2.93. The molecule has 1 atom stereocenters. The highest BCUT2D eigenvalue weighted by Crippen LogP contribution is 2.25. The SMILES string of the molecule is COCCC(Nc1cccc([N+](=O)[O-])c1C)C(=O)O. The van der Waals surface area contributed by atoms with E-state index in [0.717, 1.165) is 0 Å². The zero-order valence-corrected chi connectivity index (χ0v) is 10.8. The first-order valence-corrected chi connectivity index (χ1v) is 5.69. The molecule has 0 amide bonds. The molecule has 0 heterocycles. The molecule has 0 aromatic heterocycles. The Morgan fingerprint density at radius 2 is 2.26 bits per heavy atom. The molecule has 2 N–H and O–H groups in total. The van der Waals surface area contributed by atoms with Crippen molar-refractivity contribution in [1.82, 2.24) is 0 Å². The highest BCUT2D eigenvalue weighted by Gasteiger charge is 2.20. The molecule has 1 aromatic rings. The van der Waals surface area contributed by atoms with Crippen molar-refractivity contribution in [2.45, 2.75) is 19.4 Å². The number of rotatable bonds is 7. The second-order valence-electron chi connectivity index (χ2n) is 4.02. The summed E-state index contributed by atoms with van der Waals surface area (Å²) in [6, 6.07) is 3.67. The number of anilines is 1. The van der Waals surface area contributed by atoms with Crippen molar-refractivity contribution < 1.29 is 19.6 Å². The van der Waals surface area contributed by atoms with E-state index in [0.29, 0.717) is 11.3 Å². The minimum absolute atomic E-state index is 0.0409. The molecular weight excluding hydrogens is 252 g/mol. The molecule has 0 saturated heterocycles. The van der Waals surface area contributed by atoms with Gasteiger partial charge in [-0.2, -0.15) is 0 Å². The predicted octanol–water partition coefficient (Wildman–Crippen LogP) is 1.80. The summed E-state index contributed by atoms with van der Waals surface area (Å²) in [6.07, 6.45) is 0.272. The molecule has 0 aliphatic carbocycles. The summed E-state index contributed by atoms with van der Waals surface area (Å²) in [6.45, 7) is 1.87. The van der Waals surface area contributed by atoms with E-state index in [2.05, 4.69) is 5.32 Å². The number of carbonyl (C=O) groups is 1. The fourth-order valence-electron chi connectivity index (χ4n) is 1.66. The second kappa shape index (κ2) is 6.69. The standard InChI is InChI=1S/C12H16N2O5/c1-8-9(4-3-5-11(8)14(17)18)13-10(12(15)16)6-7-19-2/h3-5,10,13H,6-7H2,1-2H3,(H,15,16). The van der Waals surface area contributed by atoms with Crippen LogP contribution in [-0.4, -0.2) is 35.8 Å². The van der Waals surface area contributed by atoms with Crippen LogP contribution in [-0.2, 0) is 9.53 Å². The highest BCUT2D eigenvalue weighted by atomic mass is 16.6. The van der Waals surface area contributed by atoms with E-state index in [4.69, 9.17) is 9.84 Å². The molecule has 7 nitrogen and oxygen atoms in total. The van der Waals surface area contributed by atoms with Crippen LogP contribution in [0, 0.1) is 17.0 Å². The van der Waals surface area contributed by atoms with Crippen molar-refractivity contribution in [2.24, 2.45) is 0 Å². The quantitative estimate of drug-likeness (QED) is 0.577. The Hall–Kier alpha value is -2.15. The molecular formula is C12H16N2O5. The Kier molecular flexibility index (Phi) is 5.25. The zero-order chi connectivity index (χ0) is 14.4. The summed E-state index contributed by atoms with van der Waals surface area (Å²) in [7, 11) is 1.48. The van der Waals surface area contributed by atoms with E-state index in [1.54, 1.807) is 13.0 Å². The number of nitro benzene ring substituents is 1. The van der Waals surface area contributed by atoms with Gasteiger partial charge in [0.1, 0.15) is 6.04 Å². The van der Waals surface area contributed by atoms with Crippen molar-refractivity contribution >= 4 is 17.3 Å². The molecule has 1 aromatic carbocycles. The summed E-state index contributed by atoms with van der Waals surface area (Å²) in [5.41, 5.74) is 0.815. The van der Waals surface area contributed by atoms with Gasteiger partial charge in [0.2, 0.25) is 0 Å². The van der Waals surface area contributed by atoms with Crippen LogP contribution in [0.5, 0.6) is 0 Å². The van der Waals surface area contributed by atoms with E-state index in [-0.39, 0.29) is 18.7 Å². The number of hydrogen-bond donors (Lipinski definition) is 2. The molecule has 1 unspecified atom stereocenters. The topological polar surface area (TPSA) is 102 Å². The van der Waals surface area contributed by atoms with Gasteiger partial charge >= 0.3 is 5.97 Å². The number of carboxylic acid groups (broad SMARTS) is 1. The molecule has 0 saturated carbocycles. The number of nitro groups is 1. The van der Waals surface area contributed by atoms with Gasteiger partial charge in [0, 0.05) is 37.5 Å². The molecule has 0 radical (unpaired) electrons. The molecule has 0 aliphatic heterocycles. The normalized spacial score (nSPS) is 11.9. The first kappa shape index (κ1) is 14.9. The van der Waals surface area contributed by atoms with Crippen molar-refractivity contribution in [3.63, 3.8) is 0 Å². The average molecular weight is 268 g/mol. The van der Waals surface area contributed by atoms with E-state index >= 15 is 0 Å². The molecule has 0 aliphatic rings. The van der Waals surface area contributed by atoms with Gasteiger partial charge in [0.05, 0.1) is 4.92 Å². The third-order valence-corrected chi connectivity index (χ3v) is 2.74. The Labute approximate surface area is 110 Å². The van der Waals surface area contributed by atoms with Gasteiger partial charge in [-0.3, -0.25) is 10.1 Å². The van der Waals surface area contributed by atoms with Crippen molar-refractivity contribution in [3.05, 3.63) is 33.9 Å². The van der Waals surface area contributed by atoms with Gasteiger partial charge in [-0.1, -0.05) is 6.07 Å². The number of ether oxygens (including phenoxy) is 1. The van der Waals surface area contributed by atoms with Crippen molar-refractivity contribution in [2.75, 3.05) is 19.0 Å². The van der Waals surface area contributed by atoms with Gasteiger partial charge in [0.25, 0.3) is 5.69 Å². The molecule has 104 valence electrons. The van der Waals surface area contributed by atoms with Crippen LogP contribution in [0.25, 0.3) is 0 Å². The summed E-state index contributed by atoms with van der Waals surface area (Å²) < 4.78 is 4.84. The molecule has 7 heteroatoms. The molecule has 19 heavy (non-hydrogen) atoms. The van der Waals surface area contributed by atoms with Crippen molar-refractivity contribution in [1.29, 1.82) is 0 Å². The van der Waals surface area contributed by atoms with Crippen LogP contribution in [0.4, 0.5) is 11.4 Å². The van der Waals surface area contributed by atoms with Crippen molar-refractivity contribution in [3.8, 4) is 0 Å².